The van der Waals surface area contributed by atoms with Crippen molar-refractivity contribution in [2.75, 3.05) is 5.32 Å². The zero-order valence-corrected chi connectivity index (χ0v) is 15.1. The third-order valence-corrected chi connectivity index (χ3v) is 3.95. The molecule has 2 rings (SSSR count). The molecule has 0 unspecified atom stereocenters. The van der Waals surface area contributed by atoms with Crippen LogP contribution < -0.4 is 5.32 Å². The van der Waals surface area contributed by atoms with E-state index in [4.69, 9.17) is 4.74 Å². The Balaban J connectivity index is 2.05. The highest BCUT2D eigenvalue weighted by molar-refractivity contribution is 9.10. The van der Waals surface area contributed by atoms with E-state index in [-0.39, 0.29) is 5.56 Å². The van der Waals surface area contributed by atoms with Crippen LogP contribution in [0.25, 0.3) is 0 Å². The van der Waals surface area contributed by atoms with E-state index in [1.807, 2.05) is 32.0 Å². The highest BCUT2D eigenvalue weighted by Crippen LogP contribution is 2.18. The smallest absolute Gasteiger partial charge is 0.341 e. The van der Waals surface area contributed by atoms with Crippen LogP contribution in [0.4, 0.5) is 10.1 Å². The molecule has 0 radical (unpaired) electrons. The molecule has 6 heteroatoms. The second-order valence-corrected chi connectivity index (χ2v) is 6.40. The lowest BCUT2D eigenvalue weighted by Crippen LogP contribution is -2.30. The molecule has 2 aromatic carbocycles. The third kappa shape index (κ3) is 4.41. The van der Waals surface area contributed by atoms with Crippen molar-refractivity contribution in [2.24, 2.45) is 0 Å². The number of nitrogens with one attached hydrogen (secondary N) is 1. The summed E-state index contributed by atoms with van der Waals surface area (Å²) >= 11 is 3.11. The molecule has 0 saturated heterocycles. The third-order valence-electron chi connectivity index (χ3n) is 3.46. The number of hydrogen-bond acceptors (Lipinski definition) is 3. The van der Waals surface area contributed by atoms with E-state index in [9.17, 15) is 14.0 Å². The largest absolute Gasteiger partial charge is 0.449 e. The van der Waals surface area contributed by atoms with E-state index in [0.29, 0.717) is 10.2 Å². The summed E-state index contributed by atoms with van der Waals surface area (Å²) in [5, 5.41) is 2.71. The van der Waals surface area contributed by atoms with Gasteiger partial charge in [0.2, 0.25) is 0 Å². The van der Waals surface area contributed by atoms with Gasteiger partial charge in [-0.1, -0.05) is 28.1 Å². The van der Waals surface area contributed by atoms with Gasteiger partial charge in [0.1, 0.15) is 5.82 Å². The van der Waals surface area contributed by atoms with E-state index in [0.717, 1.165) is 17.2 Å². The summed E-state index contributed by atoms with van der Waals surface area (Å²) < 4.78 is 19.3. The standard InChI is InChI=1S/C18H17BrFNO3/c1-10-4-5-11(2)16(8-10)21-17(22)12(3)24-18(23)14-7-6-13(19)9-15(14)20/h4-9,12H,1-3H3,(H,21,22)/t12-/m0/s1. The van der Waals surface area contributed by atoms with Crippen molar-refractivity contribution in [2.45, 2.75) is 26.9 Å². The lowest BCUT2D eigenvalue weighted by atomic mass is 10.1. The van der Waals surface area contributed by atoms with Gasteiger partial charge in [0.05, 0.1) is 5.56 Å². The zero-order chi connectivity index (χ0) is 17.9. The van der Waals surface area contributed by atoms with Crippen molar-refractivity contribution in [3.8, 4) is 0 Å². The van der Waals surface area contributed by atoms with Crippen LogP contribution in [0.15, 0.2) is 40.9 Å². The Morgan fingerprint density at radius 1 is 1.17 bits per heavy atom. The fourth-order valence-electron chi connectivity index (χ4n) is 2.04. The topological polar surface area (TPSA) is 55.4 Å². The summed E-state index contributed by atoms with van der Waals surface area (Å²) in [6.07, 6.45) is -1.06. The SMILES string of the molecule is Cc1ccc(C)c(NC(=O)[C@H](C)OC(=O)c2ccc(Br)cc2F)c1. The minimum Gasteiger partial charge on any atom is -0.449 e. The molecule has 2 aromatic rings. The predicted octanol–water partition coefficient (Wildman–Crippen LogP) is 4.39. The summed E-state index contributed by atoms with van der Waals surface area (Å²) in [6, 6.07) is 9.65. The fraction of sp³-hybridized carbons (Fsp3) is 0.222. The summed E-state index contributed by atoms with van der Waals surface area (Å²) in [6.45, 7) is 5.22. The molecule has 1 amide bonds. The van der Waals surface area contributed by atoms with Crippen LogP contribution in [0.1, 0.15) is 28.4 Å². The lowest BCUT2D eigenvalue weighted by Gasteiger charge is -2.15. The number of amides is 1. The molecule has 0 aliphatic heterocycles. The number of rotatable bonds is 4. The zero-order valence-electron chi connectivity index (χ0n) is 13.5. The van der Waals surface area contributed by atoms with Gasteiger partial charge in [-0.05, 0) is 56.2 Å². The summed E-state index contributed by atoms with van der Waals surface area (Å²) in [5.41, 5.74) is 2.33. The number of esters is 1. The van der Waals surface area contributed by atoms with E-state index in [2.05, 4.69) is 21.2 Å². The molecular formula is C18H17BrFNO3. The van der Waals surface area contributed by atoms with Gasteiger partial charge in [-0.25, -0.2) is 9.18 Å². The first-order valence-electron chi connectivity index (χ1n) is 7.32. The van der Waals surface area contributed by atoms with Crippen molar-refractivity contribution in [3.63, 3.8) is 0 Å². The van der Waals surface area contributed by atoms with Crippen LogP contribution in [0.5, 0.6) is 0 Å². The number of hydrogen-bond donors (Lipinski definition) is 1. The molecule has 0 aliphatic carbocycles. The molecule has 0 spiro atoms. The van der Waals surface area contributed by atoms with Crippen molar-refractivity contribution in [3.05, 3.63) is 63.4 Å². The monoisotopic (exact) mass is 393 g/mol. The van der Waals surface area contributed by atoms with Gasteiger partial charge in [0, 0.05) is 10.2 Å². The maximum absolute atomic E-state index is 13.8. The molecule has 0 aliphatic rings. The first-order chi connectivity index (χ1) is 11.3. The molecular weight excluding hydrogens is 377 g/mol. The van der Waals surface area contributed by atoms with Crippen LogP contribution in [0, 0.1) is 19.7 Å². The summed E-state index contributed by atoms with van der Waals surface area (Å²) in [4.78, 5) is 24.2. The molecule has 24 heavy (non-hydrogen) atoms. The Kier molecular flexibility index (Phi) is 5.72. The van der Waals surface area contributed by atoms with Gasteiger partial charge < -0.3 is 10.1 Å². The normalized spacial score (nSPS) is 11.7. The van der Waals surface area contributed by atoms with Crippen LogP contribution >= 0.6 is 15.9 Å². The molecule has 0 heterocycles. The molecule has 126 valence electrons. The van der Waals surface area contributed by atoms with E-state index in [1.165, 1.54) is 19.1 Å². The van der Waals surface area contributed by atoms with Crippen molar-refractivity contribution in [1.82, 2.24) is 0 Å². The van der Waals surface area contributed by atoms with E-state index in [1.54, 1.807) is 0 Å². The second-order valence-electron chi connectivity index (χ2n) is 5.48. The van der Waals surface area contributed by atoms with Crippen LogP contribution in [-0.4, -0.2) is 18.0 Å². The molecule has 0 fully saturated rings. The van der Waals surface area contributed by atoms with Gasteiger partial charge >= 0.3 is 5.97 Å². The highest BCUT2D eigenvalue weighted by Gasteiger charge is 2.21. The van der Waals surface area contributed by atoms with Crippen LogP contribution in [0.3, 0.4) is 0 Å². The first-order valence-corrected chi connectivity index (χ1v) is 8.11. The lowest BCUT2D eigenvalue weighted by molar-refractivity contribution is -0.123. The Labute approximate surface area is 148 Å². The van der Waals surface area contributed by atoms with Crippen LogP contribution in [0.2, 0.25) is 0 Å². The highest BCUT2D eigenvalue weighted by atomic mass is 79.9. The number of ether oxygens (including phenoxy) is 1. The average molecular weight is 394 g/mol. The van der Waals surface area contributed by atoms with E-state index >= 15 is 0 Å². The molecule has 1 N–H and O–H groups in total. The Morgan fingerprint density at radius 3 is 2.54 bits per heavy atom. The predicted molar refractivity (Wildman–Crippen MR) is 93.5 cm³/mol. The average Bonchev–Trinajstić information content (AvgIpc) is 2.50. The number of anilines is 1. The number of carbonyl (C=O) groups is 2. The second kappa shape index (κ2) is 7.57. The van der Waals surface area contributed by atoms with Gasteiger partial charge in [0.25, 0.3) is 5.91 Å². The fourth-order valence-corrected chi connectivity index (χ4v) is 2.37. The summed E-state index contributed by atoms with van der Waals surface area (Å²) in [7, 11) is 0. The van der Waals surface area contributed by atoms with Gasteiger partial charge in [0.15, 0.2) is 6.10 Å². The number of carbonyl (C=O) groups excluding carboxylic acids is 2. The molecule has 1 atom stereocenters. The van der Waals surface area contributed by atoms with Gasteiger partial charge in [-0.2, -0.15) is 0 Å². The molecule has 0 saturated carbocycles. The number of benzene rings is 2. The van der Waals surface area contributed by atoms with Gasteiger partial charge in [-0.15, -0.1) is 0 Å². The van der Waals surface area contributed by atoms with Crippen LogP contribution in [-0.2, 0) is 9.53 Å². The minimum atomic E-state index is -1.06. The molecule has 0 bridgehead atoms. The van der Waals surface area contributed by atoms with Crippen molar-refractivity contribution >= 4 is 33.5 Å². The quantitative estimate of drug-likeness (QED) is 0.783. The Morgan fingerprint density at radius 2 is 1.88 bits per heavy atom. The first kappa shape index (κ1) is 18.1. The van der Waals surface area contributed by atoms with Crippen molar-refractivity contribution in [1.29, 1.82) is 0 Å². The maximum atomic E-state index is 13.8. The van der Waals surface area contributed by atoms with Gasteiger partial charge in [-0.3, -0.25) is 4.79 Å². The molecule has 0 aromatic heterocycles. The van der Waals surface area contributed by atoms with E-state index < -0.39 is 23.8 Å². The maximum Gasteiger partial charge on any atom is 0.341 e. The Bertz CT molecular complexity index is 792. The summed E-state index contributed by atoms with van der Waals surface area (Å²) in [5.74, 6) is -2.07. The number of halogens is 2. The number of aryl methyl sites for hydroxylation is 2. The molecule has 4 nitrogen and oxygen atoms in total. The Hall–Kier alpha value is -2.21. The minimum absolute atomic E-state index is 0.218. The van der Waals surface area contributed by atoms with Crippen molar-refractivity contribution < 1.29 is 18.7 Å².